The van der Waals surface area contributed by atoms with Gasteiger partial charge >= 0.3 is 6.18 Å². The lowest BCUT2D eigenvalue weighted by Crippen LogP contribution is -2.31. The lowest BCUT2D eigenvalue weighted by atomic mass is 10.1. The highest BCUT2D eigenvalue weighted by molar-refractivity contribution is 7.89. The summed E-state index contributed by atoms with van der Waals surface area (Å²) >= 11 is 5.94. The molecule has 3 rings (SSSR count). The normalized spacial score (nSPS) is 13.3. The molecule has 1 aromatic heterocycles. The van der Waals surface area contributed by atoms with Gasteiger partial charge in [0.05, 0.1) is 17.7 Å². The standard InChI is InChI=1S/C19H17ClF3N3O3S/c1-26-9-8-24-18(26)17(12-4-3-5-14(10-12)29-2)25-30(27,28)16-11-13(19(21,22)23)6-7-15(16)20/h3-11,17,25H,1-2H3/t17-/m1/s1. The SMILES string of the molecule is COc1cccc([C@@H](NS(=O)(=O)c2cc(C(F)(F)F)ccc2Cl)c2nccn2C)c1. The first-order valence-electron chi connectivity index (χ1n) is 8.53. The number of hydrogen-bond donors (Lipinski definition) is 1. The molecule has 2 aromatic carbocycles. The molecular formula is C19H17ClF3N3O3S. The molecule has 0 aliphatic heterocycles. The van der Waals surface area contributed by atoms with E-state index in [0.717, 1.165) is 12.1 Å². The van der Waals surface area contributed by atoms with Gasteiger partial charge in [0, 0.05) is 19.4 Å². The van der Waals surface area contributed by atoms with E-state index in [2.05, 4.69) is 9.71 Å². The van der Waals surface area contributed by atoms with E-state index in [0.29, 0.717) is 23.2 Å². The third kappa shape index (κ3) is 4.61. The number of hydrogen-bond acceptors (Lipinski definition) is 4. The lowest BCUT2D eigenvalue weighted by Gasteiger charge is -2.20. The molecule has 1 atom stereocenters. The summed E-state index contributed by atoms with van der Waals surface area (Å²) in [5, 5.41) is -0.334. The molecule has 0 bridgehead atoms. The first kappa shape index (κ1) is 22.1. The molecule has 0 spiro atoms. The minimum atomic E-state index is -4.72. The van der Waals surface area contributed by atoms with Gasteiger partial charge < -0.3 is 9.30 Å². The van der Waals surface area contributed by atoms with Crippen molar-refractivity contribution in [2.75, 3.05) is 7.11 Å². The van der Waals surface area contributed by atoms with Crippen LogP contribution in [-0.4, -0.2) is 25.1 Å². The van der Waals surface area contributed by atoms with E-state index in [4.69, 9.17) is 16.3 Å². The van der Waals surface area contributed by atoms with Crippen LogP contribution >= 0.6 is 11.6 Å². The van der Waals surface area contributed by atoms with Crippen LogP contribution in [0.3, 0.4) is 0 Å². The van der Waals surface area contributed by atoms with E-state index in [-0.39, 0.29) is 5.02 Å². The van der Waals surface area contributed by atoms with Crippen molar-refractivity contribution in [3.63, 3.8) is 0 Å². The third-order valence-corrected chi connectivity index (χ3v) is 6.27. The number of benzene rings is 2. The highest BCUT2D eigenvalue weighted by Crippen LogP contribution is 2.34. The Hall–Kier alpha value is -2.56. The smallest absolute Gasteiger partial charge is 0.416 e. The van der Waals surface area contributed by atoms with Crippen molar-refractivity contribution in [1.29, 1.82) is 0 Å². The molecule has 0 aliphatic rings. The summed E-state index contributed by atoms with van der Waals surface area (Å²) in [5.41, 5.74) is -0.641. The average Bonchev–Trinajstić information content (AvgIpc) is 3.11. The second kappa shape index (κ2) is 8.29. The fourth-order valence-corrected chi connectivity index (χ4v) is 4.56. The minimum Gasteiger partial charge on any atom is -0.497 e. The summed E-state index contributed by atoms with van der Waals surface area (Å²) < 4.78 is 74.6. The maximum Gasteiger partial charge on any atom is 0.416 e. The van der Waals surface area contributed by atoms with Crippen LogP contribution in [0.4, 0.5) is 13.2 Å². The first-order chi connectivity index (χ1) is 14.0. The summed E-state index contributed by atoms with van der Waals surface area (Å²) in [5.74, 6) is 0.804. The molecule has 1 heterocycles. The fourth-order valence-electron chi connectivity index (χ4n) is 2.85. The van der Waals surface area contributed by atoms with Crippen LogP contribution in [0.5, 0.6) is 5.75 Å². The summed E-state index contributed by atoms with van der Waals surface area (Å²) in [6.07, 6.45) is -1.62. The number of rotatable bonds is 6. The first-order valence-corrected chi connectivity index (χ1v) is 10.4. The summed E-state index contributed by atoms with van der Waals surface area (Å²) in [6, 6.07) is 7.72. The number of ether oxygens (including phenoxy) is 1. The minimum absolute atomic E-state index is 0.329. The Kier molecular flexibility index (Phi) is 6.11. The van der Waals surface area contributed by atoms with Crippen molar-refractivity contribution in [2.45, 2.75) is 17.1 Å². The van der Waals surface area contributed by atoms with Crippen LogP contribution in [0.25, 0.3) is 0 Å². The van der Waals surface area contributed by atoms with Crippen LogP contribution in [0.15, 0.2) is 59.8 Å². The fraction of sp³-hybridized carbons (Fsp3) is 0.211. The molecule has 160 valence electrons. The van der Waals surface area contributed by atoms with Gasteiger partial charge in [-0.15, -0.1) is 0 Å². The highest BCUT2D eigenvalue weighted by Gasteiger charge is 2.34. The second-order valence-corrected chi connectivity index (χ2v) is 8.46. The second-order valence-electron chi connectivity index (χ2n) is 6.37. The number of alkyl halides is 3. The summed E-state index contributed by atoms with van der Waals surface area (Å²) in [4.78, 5) is 3.51. The van der Waals surface area contributed by atoms with E-state index < -0.39 is 32.7 Å². The van der Waals surface area contributed by atoms with Gasteiger partial charge in [-0.05, 0) is 35.9 Å². The third-order valence-electron chi connectivity index (χ3n) is 4.36. The van der Waals surface area contributed by atoms with Crippen LogP contribution in [0.2, 0.25) is 5.02 Å². The Morgan fingerprint density at radius 2 is 1.93 bits per heavy atom. The predicted octanol–water partition coefficient (Wildman–Crippen LogP) is 4.17. The Balaban J connectivity index is 2.10. The molecular weight excluding hydrogens is 443 g/mol. The van der Waals surface area contributed by atoms with Crippen molar-refractivity contribution in [2.24, 2.45) is 7.05 Å². The molecule has 11 heteroatoms. The number of nitrogens with zero attached hydrogens (tertiary/aromatic N) is 2. The number of aryl methyl sites for hydroxylation is 1. The van der Waals surface area contributed by atoms with E-state index >= 15 is 0 Å². The maximum absolute atomic E-state index is 13.1. The molecule has 0 radical (unpaired) electrons. The number of nitrogens with one attached hydrogen (secondary N) is 1. The van der Waals surface area contributed by atoms with Gasteiger partial charge in [0.15, 0.2) is 0 Å². The van der Waals surface area contributed by atoms with Crippen molar-refractivity contribution in [3.8, 4) is 5.75 Å². The molecule has 0 aliphatic carbocycles. The number of sulfonamides is 1. The highest BCUT2D eigenvalue weighted by atomic mass is 35.5. The van der Waals surface area contributed by atoms with Gasteiger partial charge in [-0.2, -0.15) is 17.9 Å². The maximum atomic E-state index is 13.1. The van der Waals surface area contributed by atoms with Crippen LogP contribution in [0, 0.1) is 0 Å². The van der Waals surface area contributed by atoms with Gasteiger partial charge in [0.2, 0.25) is 10.0 Å². The Morgan fingerprint density at radius 3 is 2.53 bits per heavy atom. The van der Waals surface area contributed by atoms with E-state index in [1.54, 1.807) is 42.1 Å². The summed E-state index contributed by atoms with van der Waals surface area (Å²) in [7, 11) is -1.33. The predicted molar refractivity (Wildman–Crippen MR) is 105 cm³/mol. The number of halogens is 4. The molecule has 0 saturated carbocycles. The zero-order valence-electron chi connectivity index (χ0n) is 15.8. The van der Waals surface area contributed by atoms with Crippen molar-refractivity contribution in [3.05, 3.63) is 76.8 Å². The van der Waals surface area contributed by atoms with E-state index in [9.17, 15) is 21.6 Å². The molecule has 0 saturated heterocycles. The average molecular weight is 460 g/mol. The van der Waals surface area contributed by atoms with Crippen LogP contribution in [-0.2, 0) is 23.2 Å². The Labute approximate surface area is 176 Å². The number of methoxy groups -OCH3 is 1. The molecule has 0 amide bonds. The monoisotopic (exact) mass is 459 g/mol. The van der Waals surface area contributed by atoms with Crippen molar-refractivity contribution in [1.82, 2.24) is 14.3 Å². The number of aromatic nitrogens is 2. The van der Waals surface area contributed by atoms with Gasteiger partial charge in [-0.3, -0.25) is 0 Å². The van der Waals surface area contributed by atoms with Crippen molar-refractivity contribution < 1.29 is 26.3 Å². The Morgan fingerprint density at radius 1 is 1.20 bits per heavy atom. The van der Waals surface area contributed by atoms with E-state index in [1.165, 1.54) is 13.3 Å². The lowest BCUT2D eigenvalue weighted by molar-refractivity contribution is -0.137. The van der Waals surface area contributed by atoms with Crippen LogP contribution in [0.1, 0.15) is 23.0 Å². The zero-order chi connectivity index (χ0) is 22.1. The quantitative estimate of drug-likeness (QED) is 0.600. The largest absolute Gasteiger partial charge is 0.497 e. The van der Waals surface area contributed by atoms with Gasteiger partial charge in [-0.25, -0.2) is 13.4 Å². The molecule has 1 N–H and O–H groups in total. The molecule has 0 unspecified atom stereocenters. The topological polar surface area (TPSA) is 73.2 Å². The van der Waals surface area contributed by atoms with E-state index in [1.807, 2.05) is 0 Å². The van der Waals surface area contributed by atoms with Gasteiger partial charge in [-0.1, -0.05) is 23.7 Å². The van der Waals surface area contributed by atoms with Gasteiger partial charge in [0.25, 0.3) is 0 Å². The molecule has 0 fully saturated rings. The van der Waals surface area contributed by atoms with Gasteiger partial charge in [0.1, 0.15) is 22.5 Å². The molecule has 6 nitrogen and oxygen atoms in total. The van der Waals surface area contributed by atoms with Crippen LogP contribution < -0.4 is 9.46 Å². The van der Waals surface area contributed by atoms with Crippen molar-refractivity contribution >= 4 is 21.6 Å². The molecule has 3 aromatic rings. The Bertz CT molecular complexity index is 1160. The molecule has 30 heavy (non-hydrogen) atoms. The zero-order valence-corrected chi connectivity index (χ0v) is 17.4. The number of imidazole rings is 1. The summed E-state index contributed by atoms with van der Waals surface area (Å²) in [6.45, 7) is 0.